The summed E-state index contributed by atoms with van der Waals surface area (Å²) in [6.07, 6.45) is 7.33. The molecule has 2 fully saturated rings. The van der Waals surface area contributed by atoms with Crippen LogP contribution in [-0.2, 0) is 4.74 Å². The summed E-state index contributed by atoms with van der Waals surface area (Å²) in [6, 6.07) is 4.63. The van der Waals surface area contributed by atoms with Crippen LogP contribution in [0, 0.1) is 19.8 Å². The molecule has 2 unspecified atom stereocenters. The second-order valence-electron chi connectivity index (χ2n) is 6.99. The summed E-state index contributed by atoms with van der Waals surface area (Å²) in [6.45, 7) is 5.18. The maximum Gasteiger partial charge on any atom is 0.0685 e. The molecule has 1 aliphatic heterocycles. The fraction of sp³-hybridized carbons (Fsp3) is 0.667. The number of rotatable bonds is 2. The third-order valence-corrected chi connectivity index (χ3v) is 6.65. The van der Waals surface area contributed by atoms with E-state index in [-0.39, 0.29) is 11.6 Å². The Kier molecular flexibility index (Phi) is 4.45. The van der Waals surface area contributed by atoms with Crippen molar-refractivity contribution in [2.45, 2.75) is 64.0 Å². The molecule has 1 heterocycles. The largest absolute Gasteiger partial charge is 0.375 e. The van der Waals surface area contributed by atoms with Crippen LogP contribution in [0.4, 0.5) is 0 Å². The van der Waals surface area contributed by atoms with Crippen molar-refractivity contribution >= 4 is 15.9 Å². The highest BCUT2D eigenvalue weighted by molar-refractivity contribution is 9.10. The van der Waals surface area contributed by atoms with E-state index in [0.29, 0.717) is 5.92 Å². The molecule has 1 aromatic rings. The lowest BCUT2D eigenvalue weighted by Crippen LogP contribution is -2.40. The zero-order valence-corrected chi connectivity index (χ0v) is 14.7. The quantitative estimate of drug-likeness (QED) is 0.829. The Morgan fingerprint density at radius 1 is 1.24 bits per heavy atom. The van der Waals surface area contributed by atoms with E-state index >= 15 is 0 Å². The molecule has 116 valence electrons. The highest BCUT2D eigenvalue weighted by atomic mass is 79.9. The highest BCUT2D eigenvalue weighted by Gasteiger charge is 2.41. The third-order valence-electron chi connectivity index (χ3n) is 5.40. The standard InChI is InChI=1S/C18H26BrNO/c1-12-9-15(10-13(2)16(12)19)17(20)14-5-8-21-18(11-14)6-3-4-7-18/h9-10,14,17H,3-8,11,20H2,1-2H3. The molecule has 1 aromatic carbocycles. The van der Waals surface area contributed by atoms with Crippen LogP contribution in [0.15, 0.2) is 16.6 Å². The van der Waals surface area contributed by atoms with Gasteiger partial charge in [0.25, 0.3) is 0 Å². The average molecular weight is 352 g/mol. The molecule has 3 heteroatoms. The van der Waals surface area contributed by atoms with Gasteiger partial charge < -0.3 is 10.5 Å². The van der Waals surface area contributed by atoms with Crippen LogP contribution in [0.25, 0.3) is 0 Å². The summed E-state index contributed by atoms with van der Waals surface area (Å²) in [5, 5.41) is 0. The van der Waals surface area contributed by atoms with Crippen molar-refractivity contribution in [3.8, 4) is 0 Å². The third kappa shape index (κ3) is 3.06. The predicted octanol–water partition coefficient (Wildman–Crippen LogP) is 4.81. The molecule has 2 aliphatic rings. The number of nitrogens with two attached hydrogens (primary N) is 1. The molecule has 1 saturated carbocycles. The predicted molar refractivity (Wildman–Crippen MR) is 90.4 cm³/mol. The maximum atomic E-state index is 6.64. The van der Waals surface area contributed by atoms with Crippen molar-refractivity contribution in [2.75, 3.05) is 6.61 Å². The first-order valence-corrected chi connectivity index (χ1v) is 8.96. The lowest BCUT2D eigenvalue weighted by Gasteiger charge is -2.40. The monoisotopic (exact) mass is 351 g/mol. The van der Waals surface area contributed by atoms with Gasteiger partial charge in [-0.3, -0.25) is 0 Å². The van der Waals surface area contributed by atoms with E-state index < -0.39 is 0 Å². The van der Waals surface area contributed by atoms with Crippen LogP contribution in [0.5, 0.6) is 0 Å². The molecule has 2 atom stereocenters. The molecule has 1 spiro atoms. The average Bonchev–Trinajstić information content (AvgIpc) is 2.91. The number of benzene rings is 1. The van der Waals surface area contributed by atoms with E-state index in [2.05, 4.69) is 41.9 Å². The molecule has 0 bridgehead atoms. The Morgan fingerprint density at radius 3 is 2.48 bits per heavy atom. The second-order valence-corrected chi connectivity index (χ2v) is 7.78. The lowest BCUT2D eigenvalue weighted by molar-refractivity contribution is -0.0963. The minimum absolute atomic E-state index is 0.136. The van der Waals surface area contributed by atoms with Crippen LogP contribution in [0.2, 0.25) is 0 Å². The summed E-state index contributed by atoms with van der Waals surface area (Å²) in [4.78, 5) is 0. The second kappa shape index (κ2) is 6.02. The number of hydrogen-bond acceptors (Lipinski definition) is 2. The normalized spacial score (nSPS) is 26.2. The van der Waals surface area contributed by atoms with Gasteiger partial charge in [-0.25, -0.2) is 0 Å². The summed E-state index contributed by atoms with van der Waals surface area (Å²) in [5.41, 5.74) is 10.6. The Labute approximate surface area is 136 Å². The zero-order valence-electron chi connectivity index (χ0n) is 13.1. The van der Waals surface area contributed by atoms with Crippen molar-refractivity contribution in [2.24, 2.45) is 11.7 Å². The summed E-state index contributed by atoms with van der Waals surface area (Å²) >= 11 is 3.65. The Bertz CT molecular complexity index is 499. The van der Waals surface area contributed by atoms with Crippen LogP contribution >= 0.6 is 15.9 Å². The van der Waals surface area contributed by atoms with Gasteiger partial charge in [-0.15, -0.1) is 0 Å². The fourth-order valence-electron chi connectivity index (χ4n) is 4.18. The highest BCUT2D eigenvalue weighted by Crippen LogP contribution is 2.45. The van der Waals surface area contributed by atoms with Crippen molar-refractivity contribution in [3.63, 3.8) is 0 Å². The number of halogens is 1. The summed E-state index contributed by atoms with van der Waals surface area (Å²) < 4.78 is 7.35. The van der Waals surface area contributed by atoms with Gasteiger partial charge in [0, 0.05) is 17.1 Å². The fourth-order valence-corrected chi connectivity index (χ4v) is 4.41. The van der Waals surface area contributed by atoms with E-state index in [4.69, 9.17) is 10.5 Å². The van der Waals surface area contributed by atoms with Crippen LogP contribution < -0.4 is 5.73 Å². The minimum Gasteiger partial charge on any atom is -0.375 e. The van der Waals surface area contributed by atoms with E-state index in [1.807, 2.05) is 0 Å². The maximum absolute atomic E-state index is 6.64. The van der Waals surface area contributed by atoms with Crippen LogP contribution in [0.3, 0.4) is 0 Å². The first kappa shape index (κ1) is 15.5. The van der Waals surface area contributed by atoms with Gasteiger partial charge in [-0.2, -0.15) is 0 Å². The SMILES string of the molecule is Cc1cc(C(N)C2CCOC3(CCCC3)C2)cc(C)c1Br. The van der Waals surface area contributed by atoms with Crippen molar-refractivity contribution < 1.29 is 4.74 Å². The van der Waals surface area contributed by atoms with E-state index in [0.717, 1.165) is 19.4 Å². The molecule has 1 saturated heterocycles. The van der Waals surface area contributed by atoms with Gasteiger partial charge in [-0.05, 0) is 62.1 Å². The van der Waals surface area contributed by atoms with Crippen molar-refractivity contribution in [1.29, 1.82) is 0 Å². The smallest absolute Gasteiger partial charge is 0.0685 e. The van der Waals surface area contributed by atoms with E-state index in [9.17, 15) is 0 Å². The minimum atomic E-state index is 0.136. The zero-order chi connectivity index (χ0) is 15.0. The van der Waals surface area contributed by atoms with Crippen molar-refractivity contribution in [1.82, 2.24) is 0 Å². The number of aryl methyl sites for hydroxylation is 2. The van der Waals surface area contributed by atoms with Gasteiger partial charge in [0.05, 0.1) is 5.60 Å². The first-order valence-electron chi connectivity index (χ1n) is 8.17. The van der Waals surface area contributed by atoms with Crippen LogP contribution in [0.1, 0.15) is 61.3 Å². The van der Waals surface area contributed by atoms with E-state index in [1.54, 1.807) is 0 Å². The number of hydrogen-bond donors (Lipinski definition) is 1. The molecule has 21 heavy (non-hydrogen) atoms. The van der Waals surface area contributed by atoms with Gasteiger partial charge in [-0.1, -0.05) is 40.9 Å². The molecule has 0 amide bonds. The van der Waals surface area contributed by atoms with Gasteiger partial charge in [0.1, 0.15) is 0 Å². The topological polar surface area (TPSA) is 35.2 Å². The molecule has 3 rings (SSSR count). The molecule has 1 aliphatic carbocycles. The van der Waals surface area contributed by atoms with Gasteiger partial charge in [0.15, 0.2) is 0 Å². The first-order chi connectivity index (χ1) is 10.0. The molecular formula is C18H26BrNO. The van der Waals surface area contributed by atoms with Gasteiger partial charge >= 0.3 is 0 Å². The molecule has 2 N–H and O–H groups in total. The van der Waals surface area contributed by atoms with Gasteiger partial charge in [0.2, 0.25) is 0 Å². The Hall–Kier alpha value is -0.380. The lowest BCUT2D eigenvalue weighted by atomic mass is 9.78. The summed E-state index contributed by atoms with van der Waals surface area (Å²) in [7, 11) is 0. The Balaban J connectivity index is 1.79. The van der Waals surface area contributed by atoms with Crippen LogP contribution in [-0.4, -0.2) is 12.2 Å². The summed E-state index contributed by atoms with van der Waals surface area (Å²) in [5.74, 6) is 0.553. The van der Waals surface area contributed by atoms with Crippen molar-refractivity contribution in [3.05, 3.63) is 33.3 Å². The van der Waals surface area contributed by atoms with E-state index in [1.165, 1.54) is 46.8 Å². The molecule has 2 nitrogen and oxygen atoms in total. The molecule has 0 radical (unpaired) electrons. The number of ether oxygens (including phenoxy) is 1. The molecule has 0 aromatic heterocycles. The molecular weight excluding hydrogens is 326 g/mol. The Morgan fingerprint density at radius 2 is 1.86 bits per heavy atom.